The van der Waals surface area contributed by atoms with E-state index in [4.69, 9.17) is 9.84 Å². The number of carboxylic acids is 1. The smallest absolute Gasteiger partial charge is 0.347 e. The quantitative estimate of drug-likeness (QED) is 0.487. The lowest BCUT2D eigenvalue weighted by Crippen LogP contribution is -2.37. The number of benzene rings is 2. The largest absolute Gasteiger partial charge is 0.478 e. The zero-order valence-electron chi connectivity index (χ0n) is 14.3. The van der Waals surface area contributed by atoms with Crippen LogP contribution in [0.4, 0.5) is 11.4 Å². The maximum Gasteiger partial charge on any atom is 0.347 e. The molecule has 0 spiro atoms. The van der Waals surface area contributed by atoms with Gasteiger partial charge in [0.15, 0.2) is 5.60 Å². The van der Waals surface area contributed by atoms with Gasteiger partial charge in [-0.3, -0.25) is 19.7 Å². The average Bonchev–Trinajstić information content (AvgIpc) is 2.86. The molecular weight excluding hydrogens is 356 g/mol. The number of nitro benzene ring substituents is 1. The Morgan fingerprint density at radius 3 is 2.30 bits per heavy atom. The van der Waals surface area contributed by atoms with E-state index in [1.807, 2.05) is 0 Å². The number of imide groups is 1. The Balaban J connectivity index is 1.93. The molecule has 2 aromatic rings. The molecule has 0 aromatic heterocycles. The van der Waals surface area contributed by atoms with Gasteiger partial charge in [-0.05, 0) is 44.2 Å². The van der Waals surface area contributed by atoms with E-state index in [1.165, 1.54) is 56.3 Å². The van der Waals surface area contributed by atoms with E-state index in [0.717, 1.165) is 4.90 Å². The number of carboxylic acid groups (broad SMARTS) is 1. The van der Waals surface area contributed by atoms with Crippen molar-refractivity contribution in [1.29, 1.82) is 0 Å². The van der Waals surface area contributed by atoms with Crippen LogP contribution in [0.2, 0.25) is 0 Å². The van der Waals surface area contributed by atoms with Crippen LogP contribution in [0.5, 0.6) is 5.75 Å². The van der Waals surface area contributed by atoms with Crippen LogP contribution in [-0.2, 0) is 4.79 Å². The summed E-state index contributed by atoms with van der Waals surface area (Å²) in [6, 6.07) is 9.50. The SMILES string of the molecule is CC(C)(Oc1ccc(N2C(=O)c3cccc([N+](=O)[O-])c3C2=O)cc1)C(=O)O. The first-order valence-electron chi connectivity index (χ1n) is 7.82. The van der Waals surface area contributed by atoms with Crippen molar-refractivity contribution in [2.75, 3.05) is 4.90 Å². The Morgan fingerprint density at radius 1 is 1.11 bits per heavy atom. The van der Waals surface area contributed by atoms with Crippen molar-refractivity contribution in [3.63, 3.8) is 0 Å². The second-order valence-corrected chi connectivity index (χ2v) is 6.31. The molecule has 2 amide bonds. The molecule has 0 saturated carbocycles. The number of carbonyl (C=O) groups is 3. The molecule has 0 radical (unpaired) electrons. The fourth-order valence-corrected chi connectivity index (χ4v) is 2.66. The van der Waals surface area contributed by atoms with Crippen molar-refractivity contribution in [2.24, 2.45) is 0 Å². The summed E-state index contributed by atoms with van der Waals surface area (Å²) >= 11 is 0. The molecule has 9 heteroatoms. The van der Waals surface area contributed by atoms with E-state index < -0.39 is 34.0 Å². The monoisotopic (exact) mass is 370 g/mol. The van der Waals surface area contributed by atoms with E-state index in [9.17, 15) is 24.5 Å². The number of aliphatic carboxylic acids is 1. The van der Waals surface area contributed by atoms with Gasteiger partial charge in [0.2, 0.25) is 0 Å². The summed E-state index contributed by atoms with van der Waals surface area (Å²) in [7, 11) is 0. The summed E-state index contributed by atoms with van der Waals surface area (Å²) in [5.74, 6) is -2.38. The highest BCUT2D eigenvalue weighted by molar-refractivity contribution is 6.35. The molecule has 1 heterocycles. The molecule has 1 aliphatic rings. The molecule has 1 aliphatic heterocycles. The zero-order valence-corrected chi connectivity index (χ0v) is 14.3. The normalized spacial score (nSPS) is 13.5. The first kappa shape index (κ1) is 18.1. The summed E-state index contributed by atoms with van der Waals surface area (Å²) in [5, 5.41) is 20.2. The summed E-state index contributed by atoms with van der Waals surface area (Å²) in [5.41, 5.74) is -1.99. The predicted molar refractivity (Wildman–Crippen MR) is 93.0 cm³/mol. The van der Waals surface area contributed by atoms with Crippen molar-refractivity contribution in [3.8, 4) is 5.75 Å². The number of hydrogen-bond acceptors (Lipinski definition) is 6. The van der Waals surface area contributed by atoms with Crippen LogP contribution in [-0.4, -0.2) is 33.4 Å². The highest BCUT2D eigenvalue weighted by Gasteiger charge is 2.41. The number of rotatable bonds is 5. The third-order valence-corrected chi connectivity index (χ3v) is 4.07. The Morgan fingerprint density at radius 2 is 1.74 bits per heavy atom. The van der Waals surface area contributed by atoms with Crippen molar-refractivity contribution in [1.82, 2.24) is 0 Å². The molecule has 9 nitrogen and oxygen atoms in total. The van der Waals surface area contributed by atoms with Crippen molar-refractivity contribution in [3.05, 3.63) is 63.7 Å². The summed E-state index contributed by atoms with van der Waals surface area (Å²) in [6.45, 7) is 2.76. The first-order chi connectivity index (χ1) is 12.6. The molecule has 3 rings (SSSR count). The van der Waals surface area contributed by atoms with Crippen molar-refractivity contribution >= 4 is 29.2 Å². The molecule has 0 unspecified atom stereocenters. The van der Waals surface area contributed by atoms with Gasteiger partial charge in [-0.2, -0.15) is 0 Å². The summed E-state index contributed by atoms with van der Waals surface area (Å²) in [4.78, 5) is 47.6. The second kappa shape index (κ2) is 6.20. The van der Waals surface area contributed by atoms with Gasteiger partial charge in [0, 0.05) is 6.07 Å². The topological polar surface area (TPSA) is 127 Å². The van der Waals surface area contributed by atoms with Gasteiger partial charge in [-0.25, -0.2) is 9.69 Å². The van der Waals surface area contributed by atoms with E-state index in [-0.39, 0.29) is 22.6 Å². The number of hydrogen-bond donors (Lipinski definition) is 1. The van der Waals surface area contributed by atoms with Gasteiger partial charge in [0.25, 0.3) is 17.5 Å². The van der Waals surface area contributed by atoms with Gasteiger partial charge < -0.3 is 9.84 Å². The number of anilines is 1. The number of ether oxygens (including phenoxy) is 1. The number of amides is 2. The van der Waals surface area contributed by atoms with Crippen molar-refractivity contribution in [2.45, 2.75) is 19.4 Å². The van der Waals surface area contributed by atoms with Crippen molar-refractivity contribution < 1.29 is 29.2 Å². The minimum Gasteiger partial charge on any atom is -0.478 e. The predicted octanol–water partition coefficient (Wildman–Crippen LogP) is 2.64. The number of fused-ring (bicyclic) bond motifs is 1. The van der Waals surface area contributed by atoms with Crippen LogP contribution in [0.3, 0.4) is 0 Å². The molecular formula is C18H14N2O7. The third kappa shape index (κ3) is 2.99. The first-order valence-corrected chi connectivity index (χ1v) is 7.82. The van der Waals surface area contributed by atoms with Gasteiger partial charge in [-0.1, -0.05) is 6.07 Å². The number of carbonyl (C=O) groups excluding carboxylic acids is 2. The third-order valence-electron chi connectivity index (χ3n) is 4.07. The minimum atomic E-state index is -1.46. The van der Waals surface area contributed by atoms with Crippen LogP contribution >= 0.6 is 0 Å². The maximum absolute atomic E-state index is 12.6. The fourth-order valence-electron chi connectivity index (χ4n) is 2.66. The van der Waals surface area contributed by atoms with Gasteiger partial charge in [0.05, 0.1) is 16.2 Å². The van der Waals surface area contributed by atoms with Gasteiger partial charge in [-0.15, -0.1) is 0 Å². The highest BCUT2D eigenvalue weighted by Crippen LogP contribution is 2.34. The Hall–Kier alpha value is -3.75. The van der Waals surface area contributed by atoms with E-state index in [0.29, 0.717) is 0 Å². The molecule has 0 aliphatic carbocycles. The Labute approximate surface area is 152 Å². The molecule has 1 N–H and O–H groups in total. The van der Waals surface area contributed by atoms with Crippen LogP contribution < -0.4 is 9.64 Å². The van der Waals surface area contributed by atoms with Crippen LogP contribution in [0.15, 0.2) is 42.5 Å². The highest BCUT2D eigenvalue weighted by atomic mass is 16.6. The van der Waals surface area contributed by atoms with E-state index >= 15 is 0 Å². The molecule has 27 heavy (non-hydrogen) atoms. The Bertz CT molecular complexity index is 980. The molecule has 0 bridgehead atoms. The van der Waals surface area contributed by atoms with Crippen LogP contribution in [0.1, 0.15) is 34.6 Å². The fraction of sp³-hybridized carbons (Fsp3) is 0.167. The number of nitro groups is 1. The zero-order chi connectivity index (χ0) is 19.9. The minimum absolute atomic E-state index is 0.0402. The molecule has 0 atom stereocenters. The van der Waals surface area contributed by atoms with Gasteiger partial charge >= 0.3 is 5.97 Å². The van der Waals surface area contributed by atoms with Crippen LogP contribution in [0.25, 0.3) is 0 Å². The van der Waals surface area contributed by atoms with E-state index in [1.54, 1.807) is 0 Å². The second-order valence-electron chi connectivity index (χ2n) is 6.31. The lowest BCUT2D eigenvalue weighted by Gasteiger charge is -2.22. The Kier molecular flexibility index (Phi) is 4.15. The molecule has 0 fully saturated rings. The lowest BCUT2D eigenvalue weighted by molar-refractivity contribution is -0.385. The molecule has 138 valence electrons. The molecule has 0 saturated heterocycles. The summed E-state index contributed by atoms with van der Waals surface area (Å²) < 4.78 is 5.37. The molecule has 2 aromatic carbocycles. The average molecular weight is 370 g/mol. The summed E-state index contributed by atoms with van der Waals surface area (Å²) in [6.07, 6.45) is 0. The van der Waals surface area contributed by atoms with Gasteiger partial charge in [0.1, 0.15) is 11.3 Å². The number of nitrogens with zero attached hydrogens (tertiary/aromatic N) is 2. The van der Waals surface area contributed by atoms with E-state index in [2.05, 4.69) is 0 Å². The maximum atomic E-state index is 12.6. The lowest BCUT2D eigenvalue weighted by atomic mass is 10.1. The standard InChI is InChI=1S/C18H14N2O7/c1-18(2,17(23)24)27-11-8-6-10(7-9-11)19-15(21)12-4-3-5-13(20(25)26)14(12)16(19)22/h3-9H,1-2H3,(H,23,24). The van der Waals surface area contributed by atoms with Crippen LogP contribution in [0, 0.1) is 10.1 Å².